The maximum absolute atomic E-state index is 4.01. The number of fused-ring (bicyclic) bond motifs is 1. The molecule has 0 aliphatic heterocycles. The lowest BCUT2D eigenvalue weighted by molar-refractivity contribution is -0.0141. The molecule has 1 heteroatoms. The smallest absolute Gasteiger partial charge is 0.0124 e. The number of hydrogen-bond acceptors (Lipinski definition) is 1. The van der Waals surface area contributed by atoms with Crippen molar-refractivity contribution in [1.82, 2.24) is 5.32 Å². The van der Waals surface area contributed by atoms with Crippen LogP contribution in [-0.4, -0.2) is 12.6 Å². The summed E-state index contributed by atoms with van der Waals surface area (Å²) in [6.45, 7) is 1.23. The molecule has 0 heterocycles. The number of benzene rings is 1. The van der Waals surface area contributed by atoms with E-state index >= 15 is 0 Å². The molecule has 1 aromatic carbocycles. The van der Waals surface area contributed by atoms with E-state index in [4.69, 9.17) is 0 Å². The summed E-state index contributed by atoms with van der Waals surface area (Å²) in [4.78, 5) is 0. The van der Waals surface area contributed by atoms with Gasteiger partial charge in [-0.3, -0.25) is 0 Å². The van der Waals surface area contributed by atoms with E-state index < -0.39 is 0 Å². The molecule has 0 aromatic heterocycles. The minimum absolute atomic E-state index is 0.795. The molecule has 1 unspecified atom stereocenters. The first-order valence-electron chi connectivity index (χ1n) is 8.68. The zero-order valence-corrected chi connectivity index (χ0v) is 12.2. The van der Waals surface area contributed by atoms with Crippen molar-refractivity contribution in [3.63, 3.8) is 0 Å². The summed E-state index contributed by atoms with van der Waals surface area (Å²) in [5.74, 6) is 5.02. The van der Waals surface area contributed by atoms with Crippen LogP contribution in [0, 0.1) is 23.7 Å². The van der Waals surface area contributed by atoms with Gasteiger partial charge >= 0.3 is 0 Å². The van der Waals surface area contributed by atoms with Crippen molar-refractivity contribution in [2.75, 3.05) is 6.54 Å². The predicted octanol–water partition coefficient (Wildman–Crippen LogP) is 3.74. The Morgan fingerprint density at radius 3 is 2.30 bits per heavy atom. The van der Waals surface area contributed by atoms with Crippen molar-refractivity contribution >= 4 is 0 Å². The third kappa shape index (κ3) is 1.72. The van der Waals surface area contributed by atoms with Crippen LogP contribution in [0.3, 0.4) is 0 Å². The average molecular weight is 267 g/mol. The van der Waals surface area contributed by atoms with E-state index in [-0.39, 0.29) is 0 Å². The first kappa shape index (κ1) is 11.8. The summed E-state index contributed by atoms with van der Waals surface area (Å²) >= 11 is 0. The van der Waals surface area contributed by atoms with Crippen LogP contribution in [0.5, 0.6) is 0 Å². The van der Waals surface area contributed by atoms with Gasteiger partial charge in [0.05, 0.1) is 0 Å². The van der Waals surface area contributed by atoms with E-state index in [1.165, 1.54) is 38.6 Å². The van der Waals surface area contributed by atoms with Crippen LogP contribution in [-0.2, 0) is 6.42 Å². The monoisotopic (exact) mass is 267 g/mol. The third-order valence-corrected chi connectivity index (χ3v) is 6.79. The quantitative estimate of drug-likeness (QED) is 0.879. The van der Waals surface area contributed by atoms with Gasteiger partial charge in [-0.2, -0.15) is 0 Å². The van der Waals surface area contributed by atoms with Crippen molar-refractivity contribution in [3.8, 4) is 0 Å². The maximum atomic E-state index is 4.01. The van der Waals surface area contributed by atoms with Gasteiger partial charge in [0.15, 0.2) is 0 Å². The van der Waals surface area contributed by atoms with Gasteiger partial charge in [-0.25, -0.2) is 0 Å². The first-order valence-corrected chi connectivity index (χ1v) is 8.68. The topological polar surface area (TPSA) is 12.0 Å². The second kappa shape index (κ2) is 4.34. The van der Waals surface area contributed by atoms with Gasteiger partial charge in [0, 0.05) is 18.5 Å². The lowest BCUT2D eigenvalue weighted by Crippen LogP contribution is -2.55. The third-order valence-electron chi connectivity index (χ3n) is 6.79. The van der Waals surface area contributed by atoms with Crippen LogP contribution in [0.15, 0.2) is 24.3 Å². The largest absolute Gasteiger partial charge is 0.313 e. The summed E-state index contributed by atoms with van der Waals surface area (Å²) in [7, 11) is 0. The second-order valence-corrected chi connectivity index (χ2v) is 7.96. The Bertz CT molecular complexity index is 492. The van der Waals surface area contributed by atoms with Crippen LogP contribution in [0.1, 0.15) is 49.1 Å². The fourth-order valence-corrected chi connectivity index (χ4v) is 6.08. The molecule has 5 aliphatic rings. The van der Waals surface area contributed by atoms with Crippen LogP contribution in [0.25, 0.3) is 0 Å². The van der Waals surface area contributed by atoms with Crippen LogP contribution in [0.2, 0.25) is 0 Å². The van der Waals surface area contributed by atoms with Crippen molar-refractivity contribution in [3.05, 3.63) is 35.4 Å². The molecule has 0 spiro atoms. The first-order chi connectivity index (χ1) is 9.87. The zero-order valence-electron chi connectivity index (χ0n) is 12.2. The van der Waals surface area contributed by atoms with Gasteiger partial charge in [0.1, 0.15) is 0 Å². The molecule has 1 nitrogen and oxygen atoms in total. The van der Waals surface area contributed by atoms with Gasteiger partial charge < -0.3 is 5.32 Å². The van der Waals surface area contributed by atoms with Crippen molar-refractivity contribution in [1.29, 1.82) is 0 Å². The number of hydrogen-bond donors (Lipinski definition) is 1. The highest BCUT2D eigenvalue weighted by atomic mass is 14.9. The summed E-state index contributed by atoms with van der Waals surface area (Å²) in [6.07, 6.45) is 9.00. The fraction of sp³-hybridized carbons (Fsp3) is 0.684. The highest BCUT2D eigenvalue weighted by molar-refractivity contribution is 5.40. The highest BCUT2D eigenvalue weighted by Crippen LogP contribution is 2.53. The van der Waals surface area contributed by atoms with Crippen molar-refractivity contribution < 1.29 is 0 Å². The predicted molar refractivity (Wildman–Crippen MR) is 81.7 cm³/mol. The summed E-state index contributed by atoms with van der Waals surface area (Å²) in [5, 5.41) is 4.01. The molecule has 20 heavy (non-hydrogen) atoms. The molecule has 5 aliphatic carbocycles. The van der Waals surface area contributed by atoms with Crippen LogP contribution < -0.4 is 5.32 Å². The van der Waals surface area contributed by atoms with Crippen LogP contribution >= 0.6 is 0 Å². The van der Waals surface area contributed by atoms with Gasteiger partial charge in [0.2, 0.25) is 0 Å². The van der Waals surface area contributed by atoms with E-state index in [9.17, 15) is 0 Å². The Hall–Kier alpha value is -0.820. The maximum Gasteiger partial charge on any atom is 0.0124 e. The zero-order chi connectivity index (χ0) is 13.1. The highest BCUT2D eigenvalue weighted by Gasteiger charge is 2.48. The Kier molecular flexibility index (Phi) is 2.56. The second-order valence-electron chi connectivity index (χ2n) is 7.96. The lowest BCUT2D eigenvalue weighted by atomic mass is 9.54. The Labute approximate surface area is 122 Å². The van der Waals surface area contributed by atoms with Gasteiger partial charge in [-0.05, 0) is 73.3 Å². The summed E-state index contributed by atoms with van der Waals surface area (Å²) < 4.78 is 0. The van der Waals surface area contributed by atoms with E-state index in [0.29, 0.717) is 0 Å². The van der Waals surface area contributed by atoms with E-state index in [2.05, 4.69) is 29.6 Å². The summed E-state index contributed by atoms with van der Waals surface area (Å²) in [6, 6.07) is 9.88. The Balaban J connectivity index is 1.25. The lowest BCUT2D eigenvalue weighted by Gasteiger charge is -2.55. The fourth-order valence-electron chi connectivity index (χ4n) is 6.08. The molecule has 0 saturated heterocycles. The van der Waals surface area contributed by atoms with Crippen LogP contribution in [0.4, 0.5) is 0 Å². The van der Waals surface area contributed by atoms with Gasteiger partial charge in [-0.15, -0.1) is 0 Å². The van der Waals surface area contributed by atoms with E-state index in [1.807, 2.05) is 0 Å². The average Bonchev–Trinajstić information content (AvgIpc) is 2.41. The Morgan fingerprint density at radius 1 is 0.900 bits per heavy atom. The number of rotatable bonds is 3. The standard InChI is InChI=1S/C19H25N/c1-2-4-18-14(3-1)10-17(18)11-20-19-15-6-12-5-13(8-15)9-16(19)7-12/h1-4,12-13,15-17,19-20H,5-11H2. The molecule has 4 bridgehead atoms. The SMILES string of the molecule is c1ccc2c(c1)CC2CNC1C2CC3CC(C2)CC1C3. The minimum atomic E-state index is 0.795. The van der Waals surface area contributed by atoms with E-state index in [0.717, 1.165) is 35.6 Å². The molecule has 0 radical (unpaired) electrons. The van der Waals surface area contributed by atoms with E-state index in [1.54, 1.807) is 17.5 Å². The molecule has 1 N–H and O–H groups in total. The Morgan fingerprint density at radius 2 is 1.60 bits per heavy atom. The molecular formula is C19H25N. The molecular weight excluding hydrogens is 242 g/mol. The molecule has 4 fully saturated rings. The van der Waals surface area contributed by atoms with Crippen molar-refractivity contribution in [2.45, 2.75) is 50.5 Å². The van der Waals surface area contributed by atoms with Gasteiger partial charge in [0.25, 0.3) is 0 Å². The molecule has 106 valence electrons. The number of nitrogens with one attached hydrogen (secondary N) is 1. The molecule has 6 rings (SSSR count). The van der Waals surface area contributed by atoms with Crippen molar-refractivity contribution in [2.24, 2.45) is 23.7 Å². The molecule has 4 saturated carbocycles. The molecule has 1 atom stereocenters. The minimum Gasteiger partial charge on any atom is -0.313 e. The summed E-state index contributed by atoms with van der Waals surface area (Å²) in [5.41, 5.74) is 3.20. The van der Waals surface area contributed by atoms with Gasteiger partial charge in [-0.1, -0.05) is 24.3 Å². The normalized spacial score (nSPS) is 44.2. The molecule has 1 aromatic rings. The molecule has 0 amide bonds.